The Morgan fingerprint density at radius 3 is 2.82 bits per heavy atom. The van der Waals surface area contributed by atoms with Crippen molar-refractivity contribution in [1.82, 2.24) is 0 Å². The second-order valence-electron chi connectivity index (χ2n) is 5.29. The topological polar surface area (TPSA) is 64.5 Å². The van der Waals surface area contributed by atoms with Gasteiger partial charge in [-0.1, -0.05) is 19.9 Å². The van der Waals surface area contributed by atoms with Crippen LogP contribution in [0.2, 0.25) is 5.02 Å². The van der Waals surface area contributed by atoms with Crippen molar-refractivity contribution < 1.29 is 21.5 Å². The van der Waals surface area contributed by atoms with E-state index in [0.29, 0.717) is 35.2 Å². The van der Waals surface area contributed by atoms with Crippen LogP contribution in [0.3, 0.4) is 0 Å². The lowest BCUT2D eigenvalue weighted by Crippen LogP contribution is -2.18. The standard InChI is InChI=1S/C16H19ClN2O2.ClH/c1-3-16(21)19-15-9-11(4-5-14(15)17)18-12-6-10(2)7-13(20)8-12;/h4-5,8-10,20H,3,6-7H2,1-2H3,(H,19,21);1H/q+1;/p-1. The number of rotatable bonds is 3. The van der Waals surface area contributed by atoms with Gasteiger partial charge in [-0.3, -0.25) is 9.79 Å². The van der Waals surface area contributed by atoms with Crippen LogP contribution in [0.1, 0.15) is 33.1 Å². The molecule has 119 valence electrons. The first-order chi connectivity index (χ1) is 9.97. The zero-order valence-electron chi connectivity index (χ0n) is 12.6. The molecule has 0 saturated carbocycles. The van der Waals surface area contributed by atoms with Gasteiger partial charge in [0.15, 0.2) is 0 Å². The Hall–Kier alpha value is -1.52. The first-order valence-electron chi connectivity index (χ1n) is 7.02. The van der Waals surface area contributed by atoms with Crippen LogP contribution in [0.4, 0.5) is 11.4 Å². The van der Waals surface area contributed by atoms with Gasteiger partial charge in [-0.05, 0) is 30.9 Å². The SMILES string of the molecule is CCC(=O)Nc1cc(N=C2C=C([O-])CC(C)C2)ccc1[Cl+].Cl. The van der Waals surface area contributed by atoms with Gasteiger partial charge in [-0.2, -0.15) is 0 Å². The highest BCUT2D eigenvalue weighted by atomic mass is 35.5. The zero-order chi connectivity index (χ0) is 15.4. The summed E-state index contributed by atoms with van der Waals surface area (Å²) in [6.07, 6.45) is 3.34. The number of benzene rings is 1. The van der Waals surface area contributed by atoms with Crippen molar-refractivity contribution in [3.8, 4) is 0 Å². The van der Waals surface area contributed by atoms with Gasteiger partial charge in [0.25, 0.3) is 0 Å². The van der Waals surface area contributed by atoms with Crippen LogP contribution >= 0.6 is 12.4 Å². The van der Waals surface area contributed by atoms with Crippen LogP contribution in [-0.2, 0) is 4.79 Å². The van der Waals surface area contributed by atoms with E-state index in [1.54, 1.807) is 31.2 Å². The summed E-state index contributed by atoms with van der Waals surface area (Å²) in [6, 6.07) is 5.19. The van der Waals surface area contributed by atoms with Crippen LogP contribution in [0.15, 0.2) is 35.0 Å². The zero-order valence-corrected chi connectivity index (χ0v) is 14.1. The second kappa shape index (κ2) is 8.20. The minimum absolute atomic E-state index is 0. The smallest absolute Gasteiger partial charge is 0.525 e. The van der Waals surface area contributed by atoms with Crippen LogP contribution in [0.25, 0.3) is 0 Å². The molecule has 0 saturated heterocycles. The largest absolute Gasteiger partial charge is 0.875 e. The number of hydrogen-bond donors (Lipinski definition) is 1. The maximum absolute atomic E-state index is 11.6. The third-order valence-corrected chi connectivity index (χ3v) is 3.58. The molecule has 0 bridgehead atoms. The van der Waals surface area contributed by atoms with Crippen LogP contribution in [0.5, 0.6) is 0 Å². The first kappa shape index (κ1) is 18.5. The normalized spacial score (nSPS) is 19.3. The van der Waals surface area contributed by atoms with Crippen molar-refractivity contribution in [1.29, 1.82) is 0 Å². The first-order valence-corrected chi connectivity index (χ1v) is 7.40. The Bertz CT molecular complexity index is 612. The van der Waals surface area contributed by atoms with E-state index >= 15 is 0 Å². The van der Waals surface area contributed by atoms with Crippen molar-refractivity contribution in [2.45, 2.75) is 33.1 Å². The predicted octanol–water partition coefficient (Wildman–Crippen LogP) is 3.17. The average Bonchev–Trinajstić information content (AvgIpc) is 2.41. The van der Waals surface area contributed by atoms with Gasteiger partial charge < -0.3 is 10.4 Å². The number of allylic oxidation sites excluding steroid dienone is 2. The number of aliphatic imine (C=N–C) groups is 1. The fourth-order valence-corrected chi connectivity index (χ4v) is 2.40. The number of halogens is 2. The molecule has 1 N–H and O–H groups in total. The van der Waals surface area contributed by atoms with E-state index in [4.69, 9.17) is 11.6 Å². The summed E-state index contributed by atoms with van der Waals surface area (Å²) in [6.45, 7) is 3.81. The van der Waals surface area contributed by atoms with Gasteiger partial charge in [0, 0.05) is 18.2 Å². The maximum Gasteiger partial charge on any atom is 0.525 e. The molecule has 6 heteroatoms. The van der Waals surface area contributed by atoms with Gasteiger partial charge in [-0.25, -0.2) is 0 Å². The Morgan fingerprint density at radius 2 is 2.18 bits per heavy atom. The molecule has 1 aliphatic carbocycles. The van der Waals surface area contributed by atoms with Crippen molar-refractivity contribution in [2.75, 3.05) is 5.32 Å². The summed E-state index contributed by atoms with van der Waals surface area (Å²) in [4.78, 5) is 15.9. The molecule has 0 aliphatic heterocycles. The highest BCUT2D eigenvalue weighted by Crippen LogP contribution is 2.26. The lowest BCUT2D eigenvalue weighted by atomic mass is 9.93. The van der Waals surface area contributed by atoms with Crippen LogP contribution in [-0.4, -0.2) is 11.6 Å². The average molecular weight is 342 g/mol. The molecule has 4 nitrogen and oxygen atoms in total. The van der Waals surface area contributed by atoms with Crippen molar-refractivity contribution >= 4 is 35.4 Å². The molecule has 1 aliphatic rings. The molecule has 2 rings (SSSR count). The summed E-state index contributed by atoms with van der Waals surface area (Å²) in [5.74, 6) is 0.323. The highest BCUT2D eigenvalue weighted by Gasteiger charge is 2.16. The van der Waals surface area contributed by atoms with Gasteiger partial charge in [0.1, 0.15) is 5.69 Å². The summed E-state index contributed by atoms with van der Waals surface area (Å²) in [5.41, 5.74) is 1.99. The third kappa shape index (κ3) is 5.04. The molecule has 1 aromatic rings. The molecule has 0 spiro atoms. The molecule has 1 aromatic carbocycles. The molecule has 22 heavy (non-hydrogen) atoms. The molecule has 0 aromatic heterocycles. The molecule has 0 heterocycles. The van der Waals surface area contributed by atoms with E-state index in [0.717, 1.165) is 12.1 Å². The number of anilines is 1. The molecule has 1 amide bonds. The van der Waals surface area contributed by atoms with E-state index in [1.165, 1.54) is 0 Å². The van der Waals surface area contributed by atoms with E-state index in [1.807, 2.05) is 6.92 Å². The van der Waals surface area contributed by atoms with Gasteiger partial charge in [-0.15, -0.1) is 18.2 Å². The molecule has 1 unspecified atom stereocenters. The second-order valence-corrected chi connectivity index (χ2v) is 5.70. The highest BCUT2D eigenvalue weighted by molar-refractivity contribution is 5.98. The molecule has 1 atom stereocenters. The van der Waals surface area contributed by atoms with Crippen LogP contribution in [0, 0.1) is 17.5 Å². The lowest BCUT2D eigenvalue weighted by Gasteiger charge is -2.23. The minimum atomic E-state index is -0.102. The quantitative estimate of drug-likeness (QED) is 0.917. The predicted molar refractivity (Wildman–Crippen MR) is 85.3 cm³/mol. The summed E-state index contributed by atoms with van der Waals surface area (Å²) < 4.78 is 0. The molecule has 1 radical (unpaired) electrons. The van der Waals surface area contributed by atoms with E-state index < -0.39 is 0 Å². The number of amides is 1. The number of carbonyl (C=O) groups is 1. The summed E-state index contributed by atoms with van der Waals surface area (Å²) in [5, 5.41) is 14.8. The minimum Gasteiger partial charge on any atom is -0.875 e. The number of hydrogen-bond acceptors (Lipinski definition) is 3. The van der Waals surface area contributed by atoms with E-state index in [2.05, 4.69) is 10.3 Å². The number of carbonyl (C=O) groups excluding carboxylic acids is 1. The Labute approximate surface area is 141 Å². The number of nitrogens with one attached hydrogen (secondary N) is 1. The Balaban J connectivity index is 0.00000242. The van der Waals surface area contributed by atoms with Crippen LogP contribution < -0.4 is 10.4 Å². The van der Waals surface area contributed by atoms with E-state index in [9.17, 15) is 9.90 Å². The Morgan fingerprint density at radius 1 is 1.45 bits per heavy atom. The maximum atomic E-state index is 11.6. The molecular formula is C16H19Cl2N2O2. The monoisotopic (exact) mass is 341 g/mol. The number of nitrogens with zero attached hydrogens (tertiary/aromatic N) is 1. The van der Waals surface area contributed by atoms with Gasteiger partial charge in [0.2, 0.25) is 5.91 Å². The third-order valence-electron chi connectivity index (χ3n) is 3.25. The molecule has 0 fully saturated rings. The fraction of sp³-hybridized carbons (Fsp3) is 0.375. The lowest BCUT2D eigenvalue weighted by molar-refractivity contribution is -0.308. The molecular weight excluding hydrogens is 323 g/mol. The summed E-state index contributed by atoms with van der Waals surface area (Å²) >= 11 is 6.06. The van der Waals surface area contributed by atoms with E-state index in [-0.39, 0.29) is 24.1 Å². The Kier molecular flexibility index (Phi) is 6.91. The van der Waals surface area contributed by atoms with Gasteiger partial charge in [0.05, 0.1) is 5.69 Å². The van der Waals surface area contributed by atoms with Gasteiger partial charge >= 0.3 is 16.6 Å². The van der Waals surface area contributed by atoms with Crippen molar-refractivity contribution in [3.05, 3.63) is 35.1 Å². The van der Waals surface area contributed by atoms with Crippen molar-refractivity contribution in [2.24, 2.45) is 10.9 Å². The fourth-order valence-electron chi connectivity index (χ4n) is 2.24. The van der Waals surface area contributed by atoms with Crippen molar-refractivity contribution in [3.63, 3.8) is 0 Å². The summed E-state index contributed by atoms with van der Waals surface area (Å²) in [7, 11) is 0.